The minimum absolute atomic E-state index is 0.283. The van der Waals surface area contributed by atoms with E-state index in [0.29, 0.717) is 5.91 Å². The normalized spacial score (nSPS) is 25.7. The van der Waals surface area contributed by atoms with Gasteiger partial charge in [-0.2, -0.15) is 12.6 Å². The minimum Gasteiger partial charge on any atom is -0.342 e. The summed E-state index contributed by atoms with van der Waals surface area (Å²) in [4.78, 5) is 14.6. The molecule has 0 aromatic heterocycles. The summed E-state index contributed by atoms with van der Waals surface area (Å²) in [6.45, 7) is 2.08. The molecule has 0 N–H and O–H groups in total. The van der Waals surface area contributed by atoms with Crippen LogP contribution in [0.25, 0.3) is 0 Å². The fourth-order valence-electron chi connectivity index (χ4n) is 2.50. The van der Waals surface area contributed by atoms with E-state index in [9.17, 15) is 4.79 Å². The van der Waals surface area contributed by atoms with Crippen LogP contribution in [-0.2, 0) is 4.79 Å². The van der Waals surface area contributed by atoms with Crippen molar-refractivity contribution >= 4 is 18.5 Å². The Morgan fingerprint density at radius 2 is 1.65 bits per heavy atom. The molecule has 0 aliphatic heterocycles. The zero-order valence-electron chi connectivity index (χ0n) is 10.5. The van der Waals surface area contributed by atoms with Crippen LogP contribution < -0.4 is 0 Å². The van der Waals surface area contributed by atoms with Crippen LogP contribution in [0.2, 0.25) is 0 Å². The van der Waals surface area contributed by atoms with Gasteiger partial charge in [0.05, 0.1) is 0 Å². The van der Waals surface area contributed by atoms with E-state index in [4.69, 9.17) is 0 Å². The topological polar surface area (TPSA) is 20.3 Å². The number of thiol groups is 1. The summed E-state index contributed by atoms with van der Waals surface area (Å²) < 4.78 is 0. The second-order valence-corrected chi connectivity index (χ2v) is 6.84. The quantitative estimate of drug-likeness (QED) is 0.692. The van der Waals surface area contributed by atoms with Crippen LogP contribution in [0.15, 0.2) is 0 Å². The van der Waals surface area contributed by atoms with Crippen molar-refractivity contribution in [1.82, 2.24) is 4.90 Å². The predicted molar refractivity (Wildman–Crippen MR) is 72.2 cm³/mol. The predicted octanol–water partition coefficient (Wildman–Crippen LogP) is 2.74. The van der Waals surface area contributed by atoms with Gasteiger partial charge in [0.1, 0.15) is 0 Å². The molecule has 3 aliphatic carbocycles. The lowest BCUT2D eigenvalue weighted by Crippen LogP contribution is -2.36. The smallest absolute Gasteiger partial charge is 0.223 e. The molecule has 0 heterocycles. The average Bonchev–Trinajstić information content (AvgIpc) is 3.13. The third kappa shape index (κ3) is 3.18. The first-order valence-electron chi connectivity index (χ1n) is 7.09. The molecule has 3 aliphatic rings. The highest BCUT2D eigenvalue weighted by molar-refractivity contribution is 7.80. The Bertz CT molecular complexity index is 291. The molecule has 0 atom stereocenters. The van der Waals surface area contributed by atoms with Gasteiger partial charge in [0.2, 0.25) is 5.91 Å². The molecule has 0 unspecified atom stereocenters. The molecule has 1 amide bonds. The summed E-state index contributed by atoms with van der Waals surface area (Å²) in [7, 11) is 0. The summed E-state index contributed by atoms with van der Waals surface area (Å²) in [5.74, 6) is 2.95. The fourth-order valence-corrected chi connectivity index (χ4v) is 2.93. The van der Waals surface area contributed by atoms with Gasteiger partial charge in [-0.25, -0.2) is 0 Å². The van der Waals surface area contributed by atoms with E-state index < -0.39 is 0 Å². The van der Waals surface area contributed by atoms with Gasteiger partial charge in [0, 0.05) is 19.5 Å². The molecule has 17 heavy (non-hydrogen) atoms. The van der Waals surface area contributed by atoms with Crippen LogP contribution in [-0.4, -0.2) is 29.6 Å². The lowest BCUT2D eigenvalue weighted by atomic mass is 10.0. The van der Waals surface area contributed by atoms with Crippen molar-refractivity contribution < 1.29 is 4.79 Å². The molecule has 0 saturated heterocycles. The second kappa shape index (κ2) is 4.49. The van der Waals surface area contributed by atoms with Gasteiger partial charge in [0.15, 0.2) is 0 Å². The summed E-state index contributed by atoms with van der Waals surface area (Å²) in [5.41, 5.74) is 0.283. The molecule has 2 nitrogen and oxygen atoms in total. The summed E-state index contributed by atoms with van der Waals surface area (Å²) in [6.07, 6.45) is 8.54. The SMILES string of the molecule is O=C(CC1(CS)CC1)N(CC1CC1)CC1CC1. The molecule has 3 heteroatoms. The molecule has 0 bridgehead atoms. The lowest BCUT2D eigenvalue weighted by Gasteiger charge is -2.24. The Morgan fingerprint density at radius 1 is 1.12 bits per heavy atom. The highest BCUT2D eigenvalue weighted by Gasteiger charge is 2.44. The van der Waals surface area contributed by atoms with Crippen molar-refractivity contribution in [2.45, 2.75) is 44.9 Å². The number of carbonyl (C=O) groups is 1. The number of hydrogen-bond acceptors (Lipinski definition) is 2. The maximum atomic E-state index is 12.4. The third-order valence-corrected chi connectivity index (χ3v) is 5.19. The Morgan fingerprint density at radius 3 is 2.00 bits per heavy atom. The highest BCUT2D eigenvalue weighted by Crippen LogP contribution is 2.50. The molecule has 96 valence electrons. The molecular weight excluding hydrogens is 230 g/mol. The Kier molecular flexibility index (Phi) is 3.14. The lowest BCUT2D eigenvalue weighted by molar-refractivity contribution is -0.132. The number of rotatable bonds is 7. The van der Waals surface area contributed by atoms with Gasteiger partial charge in [-0.1, -0.05) is 0 Å². The molecule has 0 aromatic rings. The molecule has 0 aromatic carbocycles. The van der Waals surface area contributed by atoms with Gasteiger partial charge in [0.25, 0.3) is 0 Å². The first kappa shape index (κ1) is 11.9. The molecule has 3 rings (SSSR count). The van der Waals surface area contributed by atoms with Crippen molar-refractivity contribution in [3.63, 3.8) is 0 Å². The Balaban J connectivity index is 1.54. The fraction of sp³-hybridized carbons (Fsp3) is 0.929. The van der Waals surface area contributed by atoms with E-state index in [2.05, 4.69) is 17.5 Å². The van der Waals surface area contributed by atoms with E-state index in [1.165, 1.54) is 38.5 Å². The monoisotopic (exact) mass is 253 g/mol. The number of carbonyl (C=O) groups excluding carboxylic acids is 1. The van der Waals surface area contributed by atoms with Gasteiger partial charge in [-0.15, -0.1) is 0 Å². The van der Waals surface area contributed by atoms with Crippen LogP contribution in [0.1, 0.15) is 44.9 Å². The van der Waals surface area contributed by atoms with Crippen LogP contribution in [0.3, 0.4) is 0 Å². The maximum absolute atomic E-state index is 12.4. The van der Waals surface area contributed by atoms with Gasteiger partial charge >= 0.3 is 0 Å². The van der Waals surface area contributed by atoms with Crippen molar-refractivity contribution in [3.8, 4) is 0 Å². The minimum atomic E-state index is 0.283. The van der Waals surface area contributed by atoms with Crippen molar-refractivity contribution in [1.29, 1.82) is 0 Å². The van der Waals surface area contributed by atoms with Crippen LogP contribution in [0.4, 0.5) is 0 Å². The second-order valence-electron chi connectivity index (χ2n) is 6.52. The van der Waals surface area contributed by atoms with Gasteiger partial charge in [-0.05, 0) is 61.5 Å². The van der Waals surface area contributed by atoms with Crippen molar-refractivity contribution in [3.05, 3.63) is 0 Å². The number of amides is 1. The Hall–Kier alpha value is -0.180. The molecule has 0 spiro atoms. The standard InChI is InChI=1S/C14H23NOS/c16-13(7-14(10-17)5-6-14)15(8-11-1-2-11)9-12-3-4-12/h11-12,17H,1-10H2. The molecular formula is C14H23NOS. The van der Waals surface area contributed by atoms with Crippen LogP contribution in [0, 0.1) is 17.3 Å². The average molecular weight is 253 g/mol. The summed E-state index contributed by atoms with van der Waals surface area (Å²) in [5, 5.41) is 0. The molecule has 3 fully saturated rings. The number of hydrogen-bond donors (Lipinski definition) is 1. The van der Waals surface area contributed by atoms with Gasteiger partial charge in [-0.3, -0.25) is 4.79 Å². The zero-order valence-corrected chi connectivity index (χ0v) is 11.4. The van der Waals surface area contributed by atoms with Crippen LogP contribution in [0.5, 0.6) is 0 Å². The third-order valence-electron chi connectivity index (χ3n) is 4.52. The van der Waals surface area contributed by atoms with Crippen molar-refractivity contribution in [2.24, 2.45) is 17.3 Å². The van der Waals surface area contributed by atoms with E-state index in [1.54, 1.807) is 0 Å². The summed E-state index contributed by atoms with van der Waals surface area (Å²) >= 11 is 4.40. The Labute approximate surface area is 110 Å². The number of nitrogens with zero attached hydrogens (tertiary/aromatic N) is 1. The van der Waals surface area contributed by atoms with E-state index in [1.807, 2.05) is 0 Å². The molecule has 3 saturated carbocycles. The summed E-state index contributed by atoms with van der Waals surface area (Å²) in [6, 6.07) is 0. The van der Waals surface area contributed by atoms with Crippen LogP contribution >= 0.6 is 12.6 Å². The highest BCUT2D eigenvalue weighted by atomic mass is 32.1. The maximum Gasteiger partial charge on any atom is 0.223 e. The van der Waals surface area contributed by atoms with E-state index >= 15 is 0 Å². The first-order valence-corrected chi connectivity index (χ1v) is 7.73. The largest absolute Gasteiger partial charge is 0.342 e. The van der Waals surface area contributed by atoms with E-state index in [-0.39, 0.29) is 5.41 Å². The first-order chi connectivity index (χ1) is 8.21. The van der Waals surface area contributed by atoms with Crippen molar-refractivity contribution in [2.75, 3.05) is 18.8 Å². The zero-order chi connectivity index (χ0) is 11.9. The van der Waals surface area contributed by atoms with Gasteiger partial charge < -0.3 is 4.90 Å². The van der Waals surface area contributed by atoms with E-state index in [0.717, 1.165) is 37.1 Å². The molecule has 0 radical (unpaired) electrons.